The van der Waals surface area contributed by atoms with E-state index in [1.165, 1.54) is 0 Å². The van der Waals surface area contributed by atoms with Gasteiger partial charge in [-0.2, -0.15) is 0 Å². The van der Waals surface area contributed by atoms with Crippen LogP contribution in [0.4, 0.5) is 0 Å². The minimum atomic E-state index is 0.368. The minimum absolute atomic E-state index is 0.368. The zero-order valence-electron chi connectivity index (χ0n) is 11.5. The third kappa shape index (κ3) is 5.94. The molecule has 2 heteroatoms. The normalized spacial score (nSPS) is 8.44. The van der Waals surface area contributed by atoms with Gasteiger partial charge in [-0.1, -0.05) is 50.2 Å². The third-order valence-corrected chi connectivity index (χ3v) is 2.23. The zero-order valence-corrected chi connectivity index (χ0v) is 11.5. The summed E-state index contributed by atoms with van der Waals surface area (Å²) in [6.07, 6.45) is 0. The van der Waals surface area contributed by atoms with Gasteiger partial charge in [-0.05, 0) is 37.1 Å². The fourth-order valence-corrected chi connectivity index (χ4v) is 1.13. The van der Waals surface area contributed by atoms with Crippen molar-refractivity contribution in [1.29, 1.82) is 0 Å². The first-order valence-corrected chi connectivity index (χ1v) is 6.10. The molecule has 0 unspecified atom stereocenters. The van der Waals surface area contributed by atoms with Crippen LogP contribution < -0.4 is 0 Å². The molecule has 0 fully saturated rings. The first-order valence-electron chi connectivity index (χ1n) is 6.10. The van der Waals surface area contributed by atoms with Crippen molar-refractivity contribution < 1.29 is 10.2 Å². The predicted molar refractivity (Wildman–Crippen MR) is 77.0 cm³/mol. The Labute approximate surface area is 110 Å². The highest BCUT2D eigenvalue weighted by molar-refractivity contribution is 5.30. The molecule has 0 heterocycles. The maximum atomic E-state index is 8.92. The summed E-state index contributed by atoms with van der Waals surface area (Å²) in [6.45, 7) is 7.74. The molecule has 0 saturated carbocycles. The lowest BCUT2D eigenvalue weighted by Gasteiger charge is -1.92. The summed E-state index contributed by atoms with van der Waals surface area (Å²) in [5.41, 5.74) is 1.85. The standard InChI is InChI=1S/2C7H8O.C2H6/c2*1-6-4-2-3-5-7(6)8;1-2/h2*2-5,8H,1H3;1-2H3. The van der Waals surface area contributed by atoms with E-state index in [9.17, 15) is 0 Å². The number of rotatable bonds is 0. The van der Waals surface area contributed by atoms with Crippen molar-refractivity contribution in [2.45, 2.75) is 27.7 Å². The van der Waals surface area contributed by atoms with Crippen LogP contribution in [0, 0.1) is 13.8 Å². The van der Waals surface area contributed by atoms with Crippen LogP contribution in [0.25, 0.3) is 0 Å². The van der Waals surface area contributed by atoms with Crippen molar-refractivity contribution in [3.8, 4) is 11.5 Å². The Bertz CT molecular complexity index is 365. The molecule has 18 heavy (non-hydrogen) atoms. The van der Waals surface area contributed by atoms with Gasteiger partial charge in [-0.25, -0.2) is 0 Å². The molecule has 98 valence electrons. The average Bonchev–Trinajstić information content (AvgIpc) is 2.40. The number of phenols is 2. The van der Waals surface area contributed by atoms with Crippen molar-refractivity contribution in [2.24, 2.45) is 0 Å². The van der Waals surface area contributed by atoms with Crippen LogP contribution in [0.1, 0.15) is 25.0 Å². The molecule has 2 rings (SSSR count). The molecule has 0 amide bonds. The molecule has 0 bridgehead atoms. The van der Waals surface area contributed by atoms with Gasteiger partial charge < -0.3 is 10.2 Å². The van der Waals surface area contributed by atoms with Crippen LogP contribution in [0.15, 0.2) is 48.5 Å². The van der Waals surface area contributed by atoms with E-state index in [0.717, 1.165) is 11.1 Å². The van der Waals surface area contributed by atoms with Gasteiger partial charge in [0, 0.05) is 0 Å². The van der Waals surface area contributed by atoms with Crippen LogP contribution in [0.5, 0.6) is 11.5 Å². The van der Waals surface area contributed by atoms with E-state index < -0.39 is 0 Å². The van der Waals surface area contributed by atoms with E-state index in [0.29, 0.717) is 11.5 Å². The SMILES string of the molecule is CC.Cc1ccccc1O.Cc1ccccc1O. The van der Waals surface area contributed by atoms with Crippen LogP contribution in [0.2, 0.25) is 0 Å². The molecule has 2 aromatic carbocycles. The van der Waals surface area contributed by atoms with Crippen molar-refractivity contribution in [1.82, 2.24) is 0 Å². The van der Waals surface area contributed by atoms with Gasteiger partial charge in [0.15, 0.2) is 0 Å². The van der Waals surface area contributed by atoms with E-state index in [1.807, 2.05) is 64.1 Å². The summed E-state index contributed by atoms with van der Waals surface area (Å²) in [4.78, 5) is 0. The zero-order chi connectivity index (χ0) is 14.0. The molecule has 2 aromatic rings. The average molecular weight is 246 g/mol. The van der Waals surface area contributed by atoms with Gasteiger partial charge in [-0.3, -0.25) is 0 Å². The second kappa shape index (κ2) is 9.11. The molecule has 0 saturated heterocycles. The Kier molecular flexibility index (Phi) is 8.12. The second-order valence-electron chi connectivity index (χ2n) is 3.57. The molecule has 0 aromatic heterocycles. The highest BCUT2D eigenvalue weighted by Crippen LogP contribution is 2.12. The molecule has 0 aliphatic heterocycles. The highest BCUT2D eigenvalue weighted by atomic mass is 16.3. The van der Waals surface area contributed by atoms with E-state index in [4.69, 9.17) is 10.2 Å². The van der Waals surface area contributed by atoms with E-state index >= 15 is 0 Å². The Balaban J connectivity index is 0.000000283. The molecule has 0 spiro atoms. The molecule has 2 nitrogen and oxygen atoms in total. The highest BCUT2D eigenvalue weighted by Gasteiger charge is 1.87. The van der Waals surface area contributed by atoms with Gasteiger partial charge in [-0.15, -0.1) is 0 Å². The summed E-state index contributed by atoms with van der Waals surface area (Å²) < 4.78 is 0. The topological polar surface area (TPSA) is 40.5 Å². The number of para-hydroxylation sites is 2. The lowest BCUT2D eigenvalue weighted by atomic mass is 10.2. The maximum Gasteiger partial charge on any atom is 0.118 e. The lowest BCUT2D eigenvalue weighted by molar-refractivity contribution is 0.470. The molecule has 0 radical (unpaired) electrons. The fourth-order valence-electron chi connectivity index (χ4n) is 1.13. The van der Waals surface area contributed by atoms with Crippen molar-refractivity contribution in [3.63, 3.8) is 0 Å². The number of hydrogen-bond acceptors (Lipinski definition) is 2. The monoisotopic (exact) mass is 246 g/mol. The number of aromatic hydroxyl groups is 2. The molecular formula is C16H22O2. The molecule has 0 atom stereocenters. The Morgan fingerprint density at radius 2 is 0.889 bits per heavy atom. The summed E-state index contributed by atoms with van der Waals surface area (Å²) in [7, 11) is 0. The van der Waals surface area contributed by atoms with E-state index in [1.54, 1.807) is 12.1 Å². The van der Waals surface area contributed by atoms with Crippen LogP contribution in [-0.4, -0.2) is 10.2 Å². The summed E-state index contributed by atoms with van der Waals surface area (Å²) in [5.74, 6) is 0.736. The first-order chi connectivity index (χ1) is 8.61. The third-order valence-electron chi connectivity index (χ3n) is 2.23. The van der Waals surface area contributed by atoms with Crippen LogP contribution in [0.3, 0.4) is 0 Å². The predicted octanol–water partition coefficient (Wildman–Crippen LogP) is 4.43. The van der Waals surface area contributed by atoms with Crippen LogP contribution in [-0.2, 0) is 0 Å². The summed E-state index contributed by atoms with van der Waals surface area (Å²) >= 11 is 0. The van der Waals surface area contributed by atoms with Gasteiger partial charge in [0.25, 0.3) is 0 Å². The number of hydrogen-bond donors (Lipinski definition) is 2. The summed E-state index contributed by atoms with van der Waals surface area (Å²) in [5, 5.41) is 17.8. The molecule has 2 N–H and O–H groups in total. The molecule has 0 aliphatic carbocycles. The Morgan fingerprint density at radius 1 is 0.611 bits per heavy atom. The maximum absolute atomic E-state index is 8.92. The van der Waals surface area contributed by atoms with Crippen molar-refractivity contribution >= 4 is 0 Å². The first kappa shape index (κ1) is 16.0. The fraction of sp³-hybridized carbons (Fsp3) is 0.250. The number of aryl methyl sites for hydroxylation is 2. The van der Waals surface area contributed by atoms with Crippen molar-refractivity contribution in [2.75, 3.05) is 0 Å². The summed E-state index contributed by atoms with van der Waals surface area (Å²) in [6, 6.07) is 14.5. The molecular weight excluding hydrogens is 224 g/mol. The van der Waals surface area contributed by atoms with Gasteiger partial charge in [0.2, 0.25) is 0 Å². The van der Waals surface area contributed by atoms with Gasteiger partial charge in [0.05, 0.1) is 0 Å². The van der Waals surface area contributed by atoms with Crippen molar-refractivity contribution in [3.05, 3.63) is 59.7 Å². The molecule has 0 aliphatic rings. The second-order valence-corrected chi connectivity index (χ2v) is 3.57. The largest absolute Gasteiger partial charge is 0.508 e. The van der Waals surface area contributed by atoms with Crippen LogP contribution >= 0.6 is 0 Å². The van der Waals surface area contributed by atoms with E-state index in [-0.39, 0.29) is 0 Å². The quantitative estimate of drug-likeness (QED) is 0.722. The number of benzene rings is 2. The van der Waals surface area contributed by atoms with Gasteiger partial charge >= 0.3 is 0 Å². The Morgan fingerprint density at radius 3 is 1.06 bits per heavy atom. The number of phenolic OH excluding ortho intramolecular Hbond substituents is 2. The Hall–Kier alpha value is -1.96. The minimum Gasteiger partial charge on any atom is -0.508 e. The van der Waals surface area contributed by atoms with E-state index in [2.05, 4.69) is 0 Å². The smallest absolute Gasteiger partial charge is 0.118 e. The van der Waals surface area contributed by atoms with Gasteiger partial charge in [0.1, 0.15) is 11.5 Å². The lowest BCUT2D eigenvalue weighted by Crippen LogP contribution is -1.68.